The summed E-state index contributed by atoms with van der Waals surface area (Å²) in [7, 11) is 0. The summed E-state index contributed by atoms with van der Waals surface area (Å²) in [5.74, 6) is 0.219. The van der Waals surface area contributed by atoms with Gasteiger partial charge in [0, 0.05) is 12.1 Å². The first-order valence-electron chi connectivity index (χ1n) is 7.22. The number of hydrogen-bond donors (Lipinski definition) is 1. The molecular weight excluding hydrogens is 287 g/mol. The molecule has 2 heterocycles. The van der Waals surface area contributed by atoms with Gasteiger partial charge >= 0.3 is 0 Å². The second-order valence-corrected chi connectivity index (χ2v) is 5.50. The Morgan fingerprint density at radius 1 is 1.41 bits per heavy atom. The number of rotatable bonds is 4. The van der Waals surface area contributed by atoms with Crippen molar-refractivity contribution < 1.29 is 13.7 Å². The summed E-state index contributed by atoms with van der Waals surface area (Å²) in [5, 5.41) is 3.91. The zero-order chi connectivity index (χ0) is 15.5. The quantitative estimate of drug-likeness (QED) is 0.926. The van der Waals surface area contributed by atoms with Crippen molar-refractivity contribution in [3.05, 3.63) is 36.0 Å². The zero-order valence-electron chi connectivity index (χ0n) is 12.0. The molecule has 1 aromatic heterocycles. The molecule has 0 bridgehead atoms. The van der Waals surface area contributed by atoms with E-state index in [1.807, 2.05) is 0 Å². The van der Waals surface area contributed by atoms with Gasteiger partial charge in [-0.05, 0) is 43.7 Å². The summed E-state index contributed by atoms with van der Waals surface area (Å²) in [6, 6.07) is 5.92. The molecule has 1 aromatic carbocycles. The molecule has 116 valence electrons. The topological polar surface area (TPSA) is 85.3 Å². The number of carbonyl (C=O) groups is 1. The van der Waals surface area contributed by atoms with Crippen LogP contribution < -0.4 is 5.73 Å². The number of likely N-dealkylation sites (tertiary alicyclic amines) is 1. The first kappa shape index (κ1) is 14.6. The maximum Gasteiger partial charge on any atom is 0.241 e. The lowest BCUT2D eigenvalue weighted by molar-refractivity contribution is -0.123. The number of hydrogen-bond acceptors (Lipinski definition) is 5. The van der Waals surface area contributed by atoms with Gasteiger partial charge in [0.15, 0.2) is 0 Å². The Morgan fingerprint density at radius 3 is 2.91 bits per heavy atom. The molecule has 2 N–H and O–H groups in total. The summed E-state index contributed by atoms with van der Waals surface area (Å²) < 4.78 is 18.1. The van der Waals surface area contributed by atoms with Gasteiger partial charge < -0.3 is 10.3 Å². The molecule has 2 aromatic rings. The average Bonchev–Trinajstić information content (AvgIpc) is 2.96. The standard InChI is InChI=1S/C15H17FN4O2/c16-12-5-3-10(4-6-12)15-18-13(22-19-15)9-20-7-1-2-11(8-20)14(17)21/h3-6,11H,1-2,7-9H2,(H2,17,21). The smallest absolute Gasteiger partial charge is 0.241 e. The lowest BCUT2D eigenvalue weighted by Gasteiger charge is -2.29. The second kappa shape index (κ2) is 6.23. The number of nitrogens with zero attached hydrogens (tertiary/aromatic N) is 3. The molecule has 7 heteroatoms. The van der Waals surface area contributed by atoms with E-state index < -0.39 is 0 Å². The highest BCUT2D eigenvalue weighted by Gasteiger charge is 2.25. The van der Waals surface area contributed by atoms with Gasteiger partial charge in [0.25, 0.3) is 0 Å². The molecule has 6 nitrogen and oxygen atoms in total. The van der Waals surface area contributed by atoms with Crippen LogP contribution in [0.1, 0.15) is 18.7 Å². The van der Waals surface area contributed by atoms with Crippen LogP contribution in [0, 0.1) is 11.7 Å². The van der Waals surface area contributed by atoms with Crippen LogP contribution >= 0.6 is 0 Å². The largest absolute Gasteiger partial charge is 0.369 e. The molecule has 1 aliphatic rings. The van der Waals surface area contributed by atoms with Crippen molar-refractivity contribution in [2.24, 2.45) is 11.7 Å². The first-order chi connectivity index (χ1) is 10.6. The van der Waals surface area contributed by atoms with Crippen LogP contribution in [-0.4, -0.2) is 34.0 Å². The van der Waals surface area contributed by atoms with Crippen LogP contribution in [0.2, 0.25) is 0 Å². The minimum Gasteiger partial charge on any atom is -0.369 e. The Bertz CT molecular complexity index is 656. The van der Waals surface area contributed by atoms with Crippen LogP contribution in [0.5, 0.6) is 0 Å². The number of piperidine rings is 1. The Labute approximate surface area is 127 Å². The predicted molar refractivity (Wildman–Crippen MR) is 76.9 cm³/mol. The minimum absolute atomic E-state index is 0.117. The van der Waals surface area contributed by atoms with E-state index in [-0.39, 0.29) is 17.6 Å². The molecule has 22 heavy (non-hydrogen) atoms. The third-order valence-corrected chi connectivity index (χ3v) is 3.84. The SMILES string of the molecule is NC(=O)C1CCCN(Cc2nc(-c3ccc(F)cc3)no2)C1. The number of amides is 1. The van der Waals surface area contributed by atoms with Crippen LogP contribution in [0.25, 0.3) is 11.4 Å². The van der Waals surface area contributed by atoms with Crippen LogP contribution in [0.15, 0.2) is 28.8 Å². The van der Waals surface area contributed by atoms with E-state index in [1.165, 1.54) is 12.1 Å². The van der Waals surface area contributed by atoms with Gasteiger partial charge in [0.2, 0.25) is 17.6 Å². The fourth-order valence-electron chi connectivity index (χ4n) is 2.66. The molecule has 0 radical (unpaired) electrons. The van der Waals surface area contributed by atoms with Gasteiger partial charge in [-0.2, -0.15) is 4.98 Å². The lowest BCUT2D eigenvalue weighted by Crippen LogP contribution is -2.40. The van der Waals surface area contributed by atoms with Crippen LogP contribution in [0.3, 0.4) is 0 Å². The molecule has 1 atom stereocenters. The number of aromatic nitrogens is 2. The van der Waals surface area contributed by atoms with E-state index in [9.17, 15) is 9.18 Å². The molecule has 3 rings (SSSR count). The van der Waals surface area contributed by atoms with Crippen LogP contribution in [0.4, 0.5) is 4.39 Å². The number of primary amides is 1. The van der Waals surface area contributed by atoms with E-state index >= 15 is 0 Å². The monoisotopic (exact) mass is 304 g/mol. The number of halogens is 1. The Hall–Kier alpha value is -2.28. The van der Waals surface area contributed by atoms with Gasteiger partial charge in [-0.1, -0.05) is 5.16 Å². The molecular formula is C15H17FN4O2. The van der Waals surface area contributed by atoms with Crippen molar-refractivity contribution in [3.8, 4) is 11.4 Å². The molecule has 1 unspecified atom stereocenters. The Balaban J connectivity index is 1.66. The van der Waals surface area contributed by atoms with Crippen molar-refractivity contribution >= 4 is 5.91 Å². The van der Waals surface area contributed by atoms with E-state index in [0.29, 0.717) is 30.4 Å². The van der Waals surface area contributed by atoms with Gasteiger partial charge in [-0.15, -0.1) is 0 Å². The average molecular weight is 304 g/mol. The lowest BCUT2D eigenvalue weighted by atomic mass is 9.97. The van der Waals surface area contributed by atoms with Crippen molar-refractivity contribution in [2.45, 2.75) is 19.4 Å². The van der Waals surface area contributed by atoms with E-state index in [4.69, 9.17) is 10.3 Å². The minimum atomic E-state index is -0.307. The van der Waals surface area contributed by atoms with E-state index in [0.717, 1.165) is 19.4 Å². The summed E-state index contributed by atoms with van der Waals surface area (Å²) in [4.78, 5) is 17.7. The summed E-state index contributed by atoms with van der Waals surface area (Å²) in [6.07, 6.45) is 1.75. The normalized spacial score (nSPS) is 19.2. The number of nitrogens with two attached hydrogens (primary N) is 1. The third kappa shape index (κ3) is 3.30. The number of benzene rings is 1. The Kier molecular flexibility index (Phi) is 4.15. The highest BCUT2D eigenvalue weighted by Crippen LogP contribution is 2.20. The molecule has 1 fully saturated rings. The Morgan fingerprint density at radius 2 is 2.18 bits per heavy atom. The van der Waals surface area contributed by atoms with Crippen molar-refractivity contribution in [1.82, 2.24) is 15.0 Å². The second-order valence-electron chi connectivity index (χ2n) is 5.50. The summed E-state index contributed by atoms with van der Waals surface area (Å²) in [5.41, 5.74) is 6.07. The summed E-state index contributed by atoms with van der Waals surface area (Å²) in [6.45, 7) is 1.97. The first-order valence-corrected chi connectivity index (χ1v) is 7.22. The molecule has 1 amide bonds. The van der Waals surface area contributed by atoms with Gasteiger partial charge in [-0.3, -0.25) is 9.69 Å². The molecule has 1 saturated heterocycles. The van der Waals surface area contributed by atoms with Crippen molar-refractivity contribution in [3.63, 3.8) is 0 Å². The van der Waals surface area contributed by atoms with E-state index in [1.54, 1.807) is 12.1 Å². The fraction of sp³-hybridized carbons (Fsp3) is 0.400. The molecule has 0 aliphatic carbocycles. The fourth-order valence-corrected chi connectivity index (χ4v) is 2.66. The third-order valence-electron chi connectivity index (χ3n) is 3.84. The van der Waals surface area contributed by atoms with Crippen molar-refractivity contribution in [1.29, 1.82) is 0 Å². The molecule has 0 saturated carbocycles. The zero-order valence-corrected chi connectivity index (χ0v) is 12.0. The van der Waals surface area contributed by atoms with Gasteiger partial charge in [0.1, 0.15) is 5.82 Å². The number of carbonyl (C=O) groups excluding carboxylic acids is 1. The molecule has 1 aliphatic heterocycles. The maximum absolute atomic E-state index is 12.9. The van der Waals surface area contributed by atoms with Crippen LogP contribution in [-0.2, 0) is 11.3 Å². The highest BCUT2D eigenvalue weighted by atomic mass is 19.1. The molecule has 0 spiro atoms. The summed E-state index contributed by atoms with van der Waals surface area (Å²) >= 11 is 0. The van der Waals surface area contributed by atoms with Gasteiger partial charge in [-0.25, -0.2) is 4.39 Å². The van der Waals surface area contributed by atoms with Crippen molar-refractivity contribution in [2.75, 3.05) is 13.1 Å². The predicted octanol–water partition coefficient (Wildman–Crippen LogP) is 1.57. The maximum atomic E-state index is 12.9. The van der Waals surface area contributed by atoms with Gasteiger partial charge in [0.05, 0.1) is 12.5 Å². The van der Waals surface area contributed by atoms with E-state index in [2.05, 4.69) is 15.0 Å². The highest BCUT2D eigenvalue weighted by molar-refractivity contribution is 5.76.